The van der Waals surface area contributed by atoms with Crippen LogP contribution >= 0.6 is 0 Å². The number of carbonyl (C=O) groups excluding carboxylic acids is 2. The molecule has 1 amide bonds. The molecule has 3 fully saturated rings. The number of nitrogens with one attached hydrogen (secondary N) is 1. The van der Waals surface area contributed by atoms with E-state index in [2.05, 4.69) is 59.1 Å². The Bertz CT molecular complexity index is 1980. The fourth-order valence-corrected chi connectivity index (χ4v) is 10.3. The third-order valence-corrected chi connectivity index (χ3v) is 14.5. The quantitative estimate of drug-likeness (QED) is 0.162. The largest absolute Gasteiger partial charge is 0.497 e. The predicted octanol–water partition coefficient (Wildman–Crippen LogP) is 8.98. The maximum Gasteiger partial charge on any atom is 0.303 e. The summed E-state index contributed by atoms with van der Waals surface area (Å²) in [6.45, 7) is 10.3. The highest BCUT2D eigenvalue weighted by Crippen LogP contribution is 2.66. The maximum atomic E-state index is 13.2. The van der Waals surface area contributed by atoms with Crippen molar-refractivity contribution in [2.24, 2.45) is 16.3 Å². The molecule has 0 radical (unpaired) electrons. The summed E-state index contributed by atoms with van der Waals surface area (Å²) < 4.78 is 36.1. The van der Waals surface area contributed by atoms with Crippen molar-refractivity contribution in [1.82, 2.24) is 18.5 Å². The summed E-state index contributed by atoms with van der Waals surface area (Å²) in [5.74, 6) is 1.98. The van der Waals surface area contributed by atoms with Gasteiger partial charge in [-0.2, -0.15) is 12.7 Å². The molecule has 2 aromatic carbocycles. The Morgan fingerprint density at radius 1 is 1.07 bits per heavy atom. The summed E-state index contributed by atoms with van der Waals surface area (Å²) in [7, 11) is 4.78. The standard InChI is InChI=1S/C31H38N4O4S.C12H25N.C2H4O/c1-19(32-2)31-17-26(31)25-16-22(39-5)12-14-23(25)29-28(20-9-7-6-8-10-20)24-13-11-21(15-27(24)35(29)18-31)30(36)33-40(37,38)34(3)4;1-4-6-9-12-11(5-2)8-7-10-13(12)3;1-2-3/h11-16,20,26H,6-10,17-18H2,1-5H3,(H,33,36);11-12H,4-10H2,1-3H3;2H,1H3. The van der Waals surface area contributed by atoms with Crippen molar-refractivity contribution in [3.8, 4) is 17.0 Å². The summed E-state index contributed by atoms with van der Waals surface area (Å²) in [6, 6.07) is 13.0. The molecule has 4 aliphatic rings. The first-order valence-electron chi connectivity index (χ1n) is 20.9. The Hall–Kier alpha value is -3.54. The van der Waals surface area contributed by atoms with Crippen molar-refractivity contribution in [2.75, 3.05) is 41.8 Å². The number of unbranched alkanes of at least 4 members (excludes halogenated alkanes) is 1. The van der Waals surface area contributed by atoms with Crippen LogP contribution in [-0.4, -0.2) is 88.0 Å². The zero-order valence-electron chi connectivity index (χ0n) is 35.5. The van der Waals surface area contributed by atoms with Crippen LogP contribution < -0.4 is 9.46 Å². The van der Waals surface area contributed by atoms with Gasteiger partial charge < -0.3 is 19.0 Å². The fourth-order valence-electron chi connectivity index (χ4n) is 9.79. The van der Waals surface area contributed by atoms with Gasteiger partial charge in [0, 0.05) is 66.9 Å². The Morgan fingerprint density at radius 2 is 1.79 bits per heavy atom. The number of rotatable bonds is 10. The number of fused-ring (bicyclic) bond motifs is 7. The van der Waals surface area contributed by atoms with E-state index in [0.29, 0.717) is 17.4 Å². The van der Waals surface area contributed by atoms with Crippen LogP contribution in [0.5, 0.6) is 5.75 Å². The number of aldehydes is 1. The normalized spacial score (nSPS) is 23.7. The Kier molecular flexibility index (Phi) is 14.6. The van der Waals surface area contributed by atoms with Crippen molar-refractivity contribution < 1.29 is 22.7 Å². The molecule has 0 spiro atoms. The van der Waals surface area contributed by atoms with Gasteiger partial charge in [-0.25, -0.2) is 4.72 Å². The number of carbonyl (C=O) groups is 2. The molecule has 10 nitrogen and oxygen atoms in total. The van der Waals surface area contributed by atoms with Crippen LogP contribution in [0.3, 0.4) is 0 Å². The lowest BCUT2D eigenvalue weighted by molar-refractivity contribution is -0.106. The number of hydrogen-bond donors (Lipinski definition) is 1. The van der Waals surface area contributed by atoms with Gasteiger partial charge in [0.15, 0.2) is 0 Å². The van der Waals surface area contributed by atoms with Crippen molar-refractivity contribution in [2.45, 2.75) is 129 Å². The smallest absolute Gasteiger partial charge is 0.303 e. The number of nitrogens with zero attached hydrogens (tertiary/aromatic N) is 4. The first-order valence-corrected chi connectivity index (χ1v) is 22.4. The van der Waals surface area contributed by atoms with Gasteiger partial charge in [0.05, 0.1) is 12.8 Å². The highest BCUT2D eigenvalue weighted by atomic mass is 32.2. The molecule has 56 heavy (non-hydrogen) atoms. The summed E-state index contributed by atoms with van der Waals surface area (Å²) in [6.07, 6.45) is 16.2. The van der Waals surface area contributed by atoms with Gasteiger partial charge in [0.25, 0.3) is 5.91 Å². The second kappa shape index (κ2) is 18.8. The lowest BCUT2D eigenvalue weighted by Crippen LogP contribution is -2.42. The zero-order valence-corrected chi connectivity index (χ0v) is 36.3. The number of amides is 1. The van der Waals surface area contributed by atoms with E-state index in [1.165, 1.54) is 108 Å². The second-order valence-corrected chi connectivity index (χ2v) is 18.4. The molecule has 1 N–H and O–H groups in total. The molecular weight excluding hydrogens is 723 g/mol. The molecule has 2 aliphatic carbocycles. The fraction of sp³-hybridized carbons (Fsp3) is 0.622. The molecule has 308 valence electrons. The van der Waals surface area contributed by atoms with Gasteiger partial charge in [-0.15, -0.1) is 0 Å². The second-order valence-electron chi connectivity index (χ2n) is 16.5. The lowest BCUT2D eigenvalue weighted by atomic mass is 9.81. The molecule has 2 saturated carbocycles. The van der Waals surface area contributed by atoms with E-state index in [-0.39, 0.29) is 5.41 Å². The molecule has 0 bridgehead atoms. The van der Waals surface area contributed by atoms with E-state index >= 15 is 0 Å². The van der Waals surface area contributed by atoms with Gasteiger partial charge in [0.1, 0.15) is 12.0 Å². The number of benzene rings is 2. The average Bonchev–Trinajstić information content (AvgIpc) is 3.87. The van der Waals surface area contributed by atoms with Crippen LogP contribution in [-0.2, 0) is 21.5 Å². The van der Waals surface area contributed by atoms with Crippen LogP contribution in [0.4, 0.5) is 0 Å². The molecule has 2 aliphatic heterocycles. The van der Waals surface area contributed by atoms with Crippen LogP contribution in [0.15, 0.2) is 41.4 Å². The molecular formula is C45H67N5O5S. The highest BCUT2D eigenvalue weighted by Gasteiger charge is 2.59. The first-order chi connectivity index (χ1) is 26.8. The molecule has 4 atom stereocenters. The third kappa shape index (κ3) is 8.95. The van der Waals surface area contributed by atoms with Crippen molar-refractivity contribution in [3.63, 3.8) is 0 Å². The average molecular weight is 790 g/mol. The number of aromatic nitrogens is 1. The molecule has 7 rings (SSSR count). The van der Waals surface area contributed by atoms with Crippen molar-refractivity contribution in [1.29, 1.82) is 0 Å². The minimum absolute atomic E-state index is 0.108. The van der Waals surface area contributed by atoms with E-state index < -0.39 is 16.1 Å². The monoisotopic (exact) mass is 789 g/mol. The SMILES string of the molecule is CC=O.CCCCC1C(CC)CCCN1C.CN=C(C)C12CC1c1cc(OC)ccc1-c1c(C3CCCCC3)c3ccc(C(=O)NS(=O)(=O)N(C)C)cc3n1C2. The molecule has 1 saturated heterocycles. The number of ether oxygens (including phenoxy) is 1. The van der Waals surface area contributed by atoms with Crippen molar-refractivity contribution in [3.05, 3.63) is 53.1 Å². The number of piperidine rings is 1. The molecule has 4 unspecified atom stereocenters. The van der Waals surface area contributed by atoms with Crippen molar-refractivity contribution >= 4 is 39.0 Å². The summed E-state index contributed by atoms with van der Waals surface area (Å²) in [4.78, 5) is 29.2. The van der Waals surface area contributed by atoms with Gasteiger partial charge in [-0.1, -0.05) is 58.4 Å². The van der Waals surface area contributed by atoms with Crippen LogP contribution in [0.25, 0.3) is 22.2 Å². The topological polar surface area (TPSA) is 113 Å². The van der Waals surface area contributed by atoms with Crippen LogP contribution in [0.2, 0.25) is 0 Å². The van der Waals surface area contributed by atoms with Gasteiger partial charge in [-0.05, 0) is 125 Å². The minimum atomic E-state index is -3.91. The molecule has 3 aromatic rings. The van der Waals surface area contributed by atoms with E-state index in [0.717, 1.165) is 70.7 Å². The summed E-state index contributed by atoms with van der Waals surface area (Å²) in [5.41, 5.74) is 7.45. The molecule has 3 heterocycles. The molecule has 1 aromatic heterocycles. The Labute approximate surface area is 336 Å². The van der Waals surface area contributed by atoms with Gasteiger partial charge in [-0.3, -0.25) is 9.79 Å². The van der Waals surface area contributed by atoms with Crippen LogP contribution in [0.1, 0.15) is 138 Å². The molecule has 11 heteroatoms. The van der Waals surface area contributed by atoms with Gasteiger partial charge in [0.2, 0.25) is 0 Å². The van der Waals surface area contributed by atoms with E-state index in [9.17, 15) is 13.2 Å². The Morgan fingerprint density at radius 3 is 2.41 bits per heavy atom. The number of methoxy groups -OCH3 is 1. The van der Waals surface area contributed by atoms with Crippen LogP contribution in [0, 0.1) is 11.3 Å². The van der Waals surface area contributed by atoms with Gasteiger partial charge >= 0.3 is 10.2 Å². The third-order valence-electron chi connectivity index (χ3n) is 13.1. The first kappa shape index (κ1) is 43.6. The van der Waals surface area contributed by atoms with E-state index in [1.807, 2.05) is 25.2 Å². The summed E-state index contributed by atoms with van der Waals surface area (Å²) in [5, 5.41) is 1.15. The summed E-state index contributed by atoms with van der Waals surface area (Å²) >= 11 is 0. The van der Waals surface area contributed by atoms with E-state index in [4.69, 9.17) is 9.53 Å². The van der Waals surface area contributed by atoms with E-state index in [1.54, 1.807) is 13.2 Å². The highest BCUT2D eigenvalue weighted by molar-refractivity contribution is 7.87. The lowest BCUT2D eigenvalue weighted by Gasteiger charge is -2.39. The predicted molar refractivity (Wildman–Crippen MR) is 229 cm³/mol. The maximum absolute atomic E-state index is 13.2. The Balaban J connectivity index is 0.000000315. The number of aliphatic imine (C=N–C) groups is 1. The number of hydrogen-bond acceptors (Lipinski definition) is 7. The zero-order chi connectivity index (χ0) is 40.8. The minimum Gasteiger partial charge on any atom is -0.497 e. The number of likely N-dealkylation sites (tertiary alicyclic amines) is 1.